The van der Waals surface area contributed by atoms with Gasteiger partial charge < -0.3 is 4.74 Å². The molecule has 0 saturated heterocycles. The molecule has 0 spiro atoms. The van der Waals surface area contributed by atoms with Crippen molar-refractivity contribution < 1.29 is 27.5 Å². The van der Waals surface area contributed by atoms with Crippen LogP contribution in [0, 0.1) is 17.5 Å². The number of halogens is 4. The fourth-order valence-corrected chi connectivity index (χ4v) is 1.73. The molecule has 0 unspecified atom stereocenters. The van der Waals surface area contributed by atoms with Gasteiger partial charge in [0.15, 0.2) is 17.5 Å². The average Bonchev–Trinajstić information content (AvgIpc) is 2.47. The number of hydrogen-bond donors (Lipinski definition) is 0. The molecule has 2 rings (SSSR count). The van der Waals surface area contributed by atoms with Crippen LogP contribution in [-0.4, -0.2) is 11.1 Å². The van der Waals surface area contributed by atoms with Crippen molar-refractivity contribution >= 4 is 17.8 Å². The molecule has 4 nitrogen and oxygen atoms in total. The molecule has 0 atom stereocenters. The zero-order valence-corrected chi connectivity index (χ0v) is 12.0. The molecule has 0 aliphatic rings. The zero-order valence-electron chi connectivity index (χ0n) is 11.2. The van der Waals surface area contributed by atoms with E-state index in [2.05, 4.69) is 4.98 Å². The fourth-order valence-electron chi connectivity index (χ4n) is 1.46. The molecule has 0 fully saturated rings. The first-order valence-corrected chi connectivity index (χ1v) is 6.27. The molecule has 2 aromatic rings. The lowest BCUT2D eigenvalue weighted by Gasteiger charge is -2.08. The molecule has 0 N–H and O–H groups in total. The SMILES string of the molecule is CCc1cc(F)c(Oc2ccc(F)c(F)c2)nc1Cl.O=C=O. The summed E-state index contributed by atoms with van der Waals surface area (Å²) in [5, 5.41) is 0.112. The Bertz CT molecular complexity index is 704. The molecule has 1 aromatic heterocycles. The van der Waals surface area contributed by atoms with E-state index in [0.29, 0.717) is 12.0 Å². The number of benzene rings is 1. The first kappa shape index (κ1) is 17.7. The van der Waals surface area contributed by atoms with Gasteiger partial charge in [0.25, 0.3) is 5.88 Å². The van der Waals surface area contributed by atoms with Crippen LogP contribution in [0.2, 0.25) is 5.15 Å². The second-order valence-electron chi connectivity index (χ2n) is 3.84. The number of ether oxygens (including phenoxy) is 1. The molecular formula is C14H9ClF3NO3. The number of aromatic nitrogens is 1. The minimum Gasteiger partial charge on any atom is -0.436 e. The maximum atomic E-state index is 13.7. The Kier molecular flexibility index (Phi) is 6.56. The third kappa shape index (κ3) is 4.58. The molecule has 0 saturated carbocycles. The van der Waals surface area contributed by atoms with E-state index in [1.807, 2.05) is 0 Å². The van der Waals surface area contributed by atoms with E-state index in [1.54, 1.807) is 6.92 Å². The second kappa shape index (κ2) is 8.17. The van der Waals surface area contributed by atoms with Crippen LogP contribution in [0.4, 0.5) is 13.2 Å². The molecule has 1 heterocycles. The second-order valence-corrected chi connectivity index (χ2v) is 4.20. The number of hydrogen-bond acceptors (Lipinski definition) is 4. The van der Waals surface area contributed by atoms with Gasteiger partial charge in [-0.3, -0.25) is 0 Å². The van der Waals surface area contributed by atoms with Crippen LogP contribution in [0.5, 0.6) is 11.6 Å². The maximum Gasteiger partial charge on any atom is 0.373 e. The van der Waals surface area contributed by atoms with E-state index >= 15 is 0 Å². The summed E-state index contributed by atoms with van der Waals surface area (Å²) in [6, 6.07) is 4.05. The molecule has 8 heteroatoms. The van der Waals surface area contributed by atoms with E-state index in [1.165, 1.54) is 12.1 Å². The van der Waals surface area contributed by atoms with Crippen LogP contribution < -0.4 is 4.74 Å². The Morgan fingerprint density at radius 2 is 1.77 bits per heavy atom. The van der Waals surface area contributed by atoms with E-state index in [4.69, 9.17) is 25.9 Å². The van der Waals surface area contributed by atoms with Crippen molar-refractivity contribution in [3.05, 3.63) is 52.4 Å². The summed E-state index contributed by atoms with van der Waals surface area (Å²) >= 11 is 5.83. The summed E-state index contributed by atoms with van der Waals surface area (Å²) in [6.07, 6.45) is 0.772. The molecular weight excluding hydrogens is 323 g/mol. The lowest BCUT2D eigenvalue weighted by Crippen LogP contribution is -1.97. The van der Waals surface area contributed by atoms with Gasteiger partial charge in [0.05, 0.1) is 0 Å². The molecule has 0 radical (unpaired) electrons. The lowest BCUT2D eigenvalue weighted by atomic mass is 10.2. The van der Waals surface area contributed by atoms with Gasteiger partial charge in [-0.25, -0.2) is 13.2 Å². The molecule has 0 amide bonds. The van der Waals surface area contributed by atoms with Gasteiger partial charge in [0, 0.05) is 6.07 Å². The van der Waals surface area contributed by atoms with Crippen LogP contribution in [0.1, 0.15) is 12.5 Å². The predicted octanol–water partition coefficient (Wildman–Crippen LogP) is 3.92. The van der Waals surface area contributed by atoms with Gasteiger partial charge in [-0.15, -0.1) is 0 Å². The first-order valence-electron chi connectivity index (χ1n) is 5.90. The van der Waals surface area contributed by atoms with Crippen LogP contribution in [0.3, 0.4) is 0 Å². The highest BCUT2D eigenvalue weighted by atomic mass is 35.5. The van der Waals surface area contributed by atoms with Crippen LogP contribution in [-0.2, 0) is 16.0 Å². The number of nitrogens with zero attached hydrogens (tertiary/aromatic N) is 1. The highest BCUT2D eigenvalue weighted by molar-refractivity contribution is 6.30. The lowest BCUT2D eigenvalue weighted by molar-refractivity contribution is -0.191. The van der Waals surface area contributed by atoms with Gasteiger partial charge in [-0.1, -0.05) is 18.5 Å². The van der Waals surface area contributed by atoms with Crippen molar-refractivity contribution in [2.24, 2.45) is 0 Å². The molecule has 22 heavy (non-hydrogen) atoms. The Hall–Kier alpha value is -2.37. The minimum atomic E-state index is -1.09. The Labute approximate surface area is 128 Å². The highest BCUT2D eigenvalue weighted by Crippen LogP contribution is 2.27. The van der Waals surface area contributed by atoms with Crippen molar-refractivity contribution in [1.82, 2.24) is 4.98 Å². The number of rotatable bonds is 3. The summed E-state index contributed by atoms with van der Waals surface area (Å²) in [5.74, 6) is -3.26. The third-order valence-corrected chi connectivity index (χ3v) is 2.78. The molecule has 0 aliphatic carbocycles. The van der Waals surface area contributed by atoms with Gasteiger partial charge in [-0.2, -0.15) is 14.6 Å². The van der Waals surface area contributed by atoms with Crippen molar-refractivity contribution in [3.8, 4) is 11.6 Å². The monoisotopic (exact) mass is 331 g/mol. The molecule has 116 valence electrons. The van der Waals surface area contributed by atoms with Crippen LogP contribution in [0.15, 0.2) is 24.3 Å². The van der Waals surface area contributed by atoms with Crippen molar-refractivity contribution in [2.75, 3.05) is 0 Å². The normalized spacial score (nSPS) is 9.50. The van der Waals surface area contributed by atoms with Gasteiger partial charge >= 0.3 is 6.15 Å². The zero-order chi connectivity index (χ0) is 16.7. The number of carbonyl (C=O) groups excluding carboxylic acids is 2. The smallest absolute Gasteiger partial charge is 0.373 e. The standard InChI is InChI=1S/C13H9ClF3NO.CO2/c1-2-7-5-11(17)13(18-12(7)14)19-8-3-4-9(15)10(16)6-8;2-1-3/h3-6H,2H2,1H3;. The highest BCUT2D eigenvalue weighted by Gasteiger charge is 2.12. The van der Waals surface area contributed by atoms with Gasteiger partial charge in [0.2, 0.25) is 0 Å². The number of aryl methyl sites for hydroxylation is 1. The summed E-state index contributed by atoms with van der Waals surface area (Å²) in [7, 11) is 0. The van der Waals surface area contributed by atoms with E-state index in [0.717, 1.165) is 12.1 Å². The molecule has 0 aliphatic heterocycles. The van der Waals surface area contributed by atoms with Gasteiger partial charge in [-0.05, 0) is 30.2 Å². The van der Waals surface area contributed by atoms with Crippen LogP contribution in [0.25, 0.3) is 0 Å². The molecule has 0 bridgehead atoms. The van der Waals surface area contributed by atoms with E-state index in [9.17, 15) is 13.2 Å². The first-order chi connectivity index (χ1) is 10.4. The third-order valence-electron chi connectivity index (χ3n) is 2.46. The van der Waals surface area contributed by atoms with Crippen LogP contribution >= 0.6 is 11.6 Å². The topological polar surface area (TPSA) is 56.3 Å². The van der Waals surface area contributed by atoms with Crippen molar-refractivity contribution in [1.29, 1.82) is 0 Å². The van der Waals surface area contributed by atoms with Crippen molar-refractivity contribution in [3.63, 3.8) is 0 Å². The van der Waals surface area contributed by atoms with E-state index < -0.39 is 17.5 Å². The van der Waals surface area contributed by atoms with Crippen molar-refractivity contribution in [2.45, 2.75) is 13.3 Å². The Morgan fingerprint density at radius 3 is 2.32 bits per heavy atom. The number of pyridine rings is 1. The largest absolute Gasteiger partial charge is 0.436 e. The average molecular weight is 332 g/mol. The Balaban J connectivity index is 0.000000745. The fraction of sp³-hybridized carbons (Fsp3) is 0.143. The Morgan fingerprint density at radius 1 is 1.14 bits per heavy atom. The summed E-state index contributed by atoms with van der Waals surface area (Å²) < 4.78 is 44.4. The summed E-state index contributed by atoms with van der Waals surface area (Å²) in [6.45, 7) is 1.80. The van der Waals surface area contributed by atoms with Gasteiger partial charge in [0.1, 0.15) is 10.9 Å². The summed E-state index contributed by atoms with van der Waals surface area (Å²) in [4.78, 5) is 20.0. The quantitative estimate of drug-likeness (QED) is 0.800. The predicted molar refractivity (Wildman–Crippen MR) is 70.0 cm³/mol. The van der Waals surface area contributed by atoms with E-state index in [-0.39, 0.29) is 22.9 Å². The molecule has 1 aromatic carbocycles. The maximum absolute atomic E-state index is 13.7. The minimum absolute atomic E-state index is 0.0642. The summed E-state index contributed by atoms with van der Waals surface area (Å²) in [5.41, 5.74) is 0.539.